The van der Waals surface area contributed by atoms with E-state index in [2.05, 4.69) is 40.7 Å². The van der Waals surface area contributed by atoms with Crippen molar-refractivity contribution in [2.45, 2.75) is 25.4 Å². The number of carbonyl (C=O) groups excluding carboxylic acids is 1. The molecule has 0 saturated heterocycles. The van der Waals surface area contributed by atoms with Crippen molar-refractivity contribution in [3.63, 3.8) is 0 Å². The van der Waals surface area contributed by atoms with E-state index < -0.39 is 0 Å². The highest BCUT2D eigenvalue weighted by molar-refractivity contribution is 6.03. The summed E-state index contributed by atoms with van der Waals surface area (Å²) in [6.07, 6.45) is 4.17. The quantitative estimate of drug-likeness (QED) is 0.687. The summed E-state index contributed by atoms with van der Waals surface area (Å²) in [5.74, 6) is 0. The Morgan fingerprint density at radius 2 is 1.67 bits per heavy atom. The third-order valence-corrected chi connectivity index (χ3v) is 4.85. The molecule has 136 valence electrons. The van der Waals surface area contributed by atoms with E-state index in [4.69, 9.17) is 0 Å². The maximum Gasteiger partial charge on any atom is 0.326 e. The van der Waals surface area contributed by atoms with Crippen molar-refractivity contribution in [1.82, 2.24) is 4.98 Å². The van der Waals surface area contributed by atoms with Gasteiger partial charge < -0.3 is 10.6 Å². The first kappa shape index (κ1) is 17.1. The van der Waals surface area contributed by atoms with Gasteiger partial charge in [0.1, 0.15) is 0 Å². The van der Waals surface area contributed by atoms with Crippen molar-refractivity contribution in [3.8, 4) is 0 Å². The van der Waals surface area contributed by atoms with Crippen molar-refractivity contribution in [2.24, 2.45) is 0 Å². The molecule has 0 spiro atoms. The van der Waals surface area contributed by atoms with Crippen LogP contribution >= 0.6 is 0 Å². The van der Waals surface area contributed by atoms with Gasteiger partial charge in [0, 0.05) is 29.8 Å². The highest BCUT2D eigenvalue weighted by Gasteiger charge is 2.33. The van der Waals surface area contributed by atoms with E-state index in [9.17, 15) is 4.79 Å². The van der Waals surface area contributed by atoms with Gasteiger partial charge in [0.25, 0.3) is 0 Å². The van der Waals surface area contributed by atoms with E-state index in [1.54, 1.807) is 24.5 Å². The maximum absolute atomic E-state index is 13.0. The van der Waals surface area contributed by atoms with Gasteiger partial charge in [-0.1, -0.05) is 36.4 Å². The molecule has 3 aromatic rings. The van der Waals surface area contributed by atoms with Crippen LogP contribution in [0, 0.1) is 0 Å². The van der Waals surface area contributed by atoms with Crippen LogP contribution in [0.5, 0.6) is 0 Å². The Kier molecular flexibility index (Phi) is 4.75. The average Bonchev–Trinajstić information content (AvgIpc) is 2.69. The number of urea groups is 1. The number of aromatic nitrogens is 1. The number of nitrogens with one attached hydrogen (secondary N) is 2. The molecule has 0 aliphatic carbocycles. The zero-order valence-corrected chi connectivity index (χ0v) is 15.2. The second-order valence-electron chi connectivity index (χ2n) is 6.74. The number of hydrogen-bond donors (Lipinski definition) is 2. The van der Waals surface area contributed by atoms with Crippen molar-refractivity contribution in [2.75, 3.05) is 15.5 Å². The Morgan fingerprint density at radius 1 is 0.963 bits per heavy atom. The lowest BCUT2D eigenvalue weighted by Gasteiger charge is -2.39. The Bertz CT molecular complexity index is 914. The van der Waals surface area contributed by atoms with Gasteiger partial charge in [-0.2, -0.15) is 0 Å². The Hall–Kier alpha value is -3.34. The van der Waals surface area contributed by atoms with Crippen molar-refractivity contribution < 1.29 is 4.79 Å². The number of amides is 2. The zero-order valence-electron chi connectivity index (χ0n) is 15.2. The van der Waals surface area contributed by atoms with Crippen LogP contribution in [0.3, 0.4) is 0 Å². The van der Waals surface area contributed by atoms with Crippen LogP contribution in [0.2, 0.25) is 0 Å². The van der Waals surface area contributed by atoms with Gasteiger partial charge in [-0.05, 0) is 49.2 Å². The molecule has 2 heterocycles. The first-order valence-corrected chi connectivity index (χ1v) is 9.13. The lowest BCUT2D eigenvalue weighted by Crippen LogP contribution is -2.46. The fraction of sp³-hybridized carbons (Fsp3) is 0.182. The number of rotatable bonds is 3. The predicted molar refractivity (Wildman–Crippen MR) is 109 cm³/mol. The molecule has 0 radical (unpaired) electrons. The number of pyridine rings is 1. The summed E-state index contributed by atoms with van der Waals surface area (Å²) in [6, 6.07) is 22.0. The van der Waals surface area contributed by atoms with E-state index in [0.717, 1.165) is 29.0 Å². The summed E-state index contributed by atoms with van der Waals surface area (Å²) in [5.41, 5.74) is 3.89. The number of anilines is 3. The highest BCUT2D eigenvalue weighted by atomic mass is 16.2. The molecule has 5 nitrogen and oxygen atoms in total. The molecule has 0 fully saturated rings. The number of fused-ring (bicyclic) bond motifs is 1. The summed E-state index contributed by atoms with van der Waals surface area (Å²) in [7, 11) is 0. The minimum absolute atomic E-state index is 0.0583. The van der Waals surface area contributed by atoms with Crippen molar-refractivity contribution >= 4 is 23.1 Å². The monoisotopic (exact) mass is 358 g/mol. The molecule has 2 atom stereocenters. The second kappa shape index (κ2) is 7.50. The van der Waals surface area contributed by atoms with E-state index in [-0.39, 0.29) is 18.1 Å². The molecule has 2 aromatic carbocycles. The fourth-order valence-corrected chi connectivity index (χ4v) is 3.61. The Balaban J connectivity index is 1.62. The van der Waals surface area contributed by atoms with Crippen LogP contribution in [-0.2, 0) is 0 Å². The molecule has 0 bridgehead atoms. The van der Waals surface area contributed by atoms with Crippen LogP contribution in [0.15, 0.2) is 79.1 Å². The minimum atomic E-state index is -0.126. The molecule has 1 aliphatic rings. The van der Waals surface area contributed by atoms with E-state index in [1.165, 1.54) is 0 Å². The standard InChI is InChI=1S/C22H22N4O/c1-16-15-20(24-17-7-3-2-4-8-17)19-9-5-6-10-21(19)26(16)22(27)25-18-11-13-23-14-12-18/h2-14,16,20,24H,15H2,1H3,(H,23,25,27). The van der Waals surface area contributed by atoms with Gasteiger partial charge in [-0.25, -0.2) is 4.79 Å². The van der Waals surface area contributed by atoms with Gasteiger partial charge in [-0.15, -0.1) is 0 Å². The third kappa shape index (κ3) is 3.62. The number of carbonyl (C=O) groups is 1. The average molecular weight is 358 g/mol. The Morgan fingerprint density at radius 3 is 2.44 bits per heavy atom. The van der Waals surface area contributed by atoms with Crippen LogP contribution in [0.25, 0.3) is 0 Å². The van der Waals surface area contributed by atoms with Crippen molar-refractivity contribution in [1.29, 1.82) is 0 Å². The molecular formula is C22H22N4O. The van der Waals surface area contributed by atoms with Crippen LogP contribution in [0.1, 0.15) is 24.9 Å². The number of para-hydroxylation sites is 2. The molecule has 1 aliphatic heterocycles. The molecular weight excluding hydrogens is 336 g/mol. The molecule has 4 rings (SSSR count). The molecule has 1 aromatic heterocycles. The number of hydrogen-bond acceptors (Lipinski definition) is 3. The molecule has 5 heteroatoms. The zero-order chi connectivity index (χ0) is 18.6. The summed E-state index contributed by atoms with van der Waals surface area (Å²) >= 11 is 0. The van der Waals surface area contributed by atoms with E-state index in [1.807, 2.05) is 41.3 Å². The molecule has 2 N–H and O–H groups in total. The summed E-state index contributed by atoms with van der Waals surface area (Å²) < 4.78 is 0. The van der Waals surface area contributed by atoms with Gasteiger partial charge >= 0.3 is 6.03 Å². The summed E-state index contributed by atoms with van der Waals surface area (Å²) in [6.45, 7) is 2.09. The fourth-order valence-electron chi connectivity index (χ4n) is 3.61. The maximum atomic E-state index is 13.0. The highest BCUT2D eigenvalue weighted by Crippen LogP contribution is 2.39. The van der Waals surface area contributed by atoms with Crippen molar-refractivity contribution in [3.05, 3.63) is 84.7 Å². The van der Waals surface area contributed by atoms with Gasteiger partial charge in [0.2, 0.25) is 0 Å². The smallest absolute Gasteiger partial charge is 0.326 e. The first-order chi connectivity index (χ1) is 13.2. The molecule has 0 saturated carbocycles. The minimum Gasteiger partial charge on any atom is -0.378 e. The largest absolute Gasteiger partial charge is 0.378 e. The van der Waals surface area contributed by atoms with Crippen LogP contribution in [0.4, 0.5) is 21.9 Å². The topological polar surface area (TPSA) is 57.3 Å². The van der Waals surface area contributed by atoms with Crippen LogP contribution in [-0.4, -0.2) is 17.1 Å². The van der Waals surface area contributed by atoms with Crippen LogP contribution < -0.4 is 15.5 Å². The molecule has 2 amide bonds. The van der Waals surface area contributed by atoms with E-state index in [0.29, 0.717) is 0 Å². The van der Waals surface area contributed by atoms with Gasteiger partial charge in [-0.3, -0.25) is 9.88 Å². The predicted octanol–water partition coefficient (Wildman–Crippen LogP) is 5.07. The summed E-state index contributed by atoms with van der Waals surface area (Å²) in [4.78, 5) is 18.8. The number of benzene rings is 2. The third-order valence-electron chi connectivity index (χ3n) is 4.85. The normalized spacial score (nSPS) is 18.5. The second-order valence-corrected chi connectivity index (χ2v) is 6.74. The lowest BCUT2D eigenvalue weighted by molar-refractivity contribution is 0.254. The summed E-state index contributed by atoms with van der Waals surface area (Å²) in [5, 5.41) is 6.58. The molecule has 27 heavy (non-hydrogen) atoms. The van der Waals surface area contributed by atoms with Gasteiger partial charge in [0.05, 0.1) is 11.7 Å². The SMILES string of the molecule is CC1CC(Nc2ccccc2)c2ccccc2N1C(=O)Nc1ccncc1. The van der Waals surface area contributed by atoms with Gasteiger partial charge in [0.15, 0.2) is 0 Å². The first-order valence-electron chi connectivity index (χ1n) is 9.13. The Labute approximate surface area is 159 Å². The van der Waals surface area contributed by atoms with E-state index >= 15 is 0 Å². The number of nitrogens with zero attached hydrogens (tertiary/aromatic N) is 2. The molecule has 2 unspecified atom stereocenters. The lowest BCUT2D eigenvalue weighted by atomic mass is 9.91.